The molecule has 3 nitrogen and oxygen atoms in total. The number of halogens is 4. The van der Waals surface area contributed by atoms with E-state index in [1.165, 1.54) is 0 Å². The zero-order valence-electron chi connectivity index (χ0n) is 9.76. The molecule has 0 saturated heterocycles. The molecule has 19 heavy (non-hydrogen) atoms. The van der Waals surface area contributed by atoms with Gasteiger partial charge in [0.1, 0.15) is 11.6 Å². The van der Waals surface area contributed by atoms with E-state index in [-0.39, 0.29) is 18.1 Å². The van der Waals surface area contributed by atoms with Gasteiger partial charge in [-0.1, -0.05) is 23.8 Å². The summed E-state index contributed by atoms with van der Waals surface area (Å²) in [6.07, 6.45) is -4.32. The van der Waals surface area contributed by atoms with Crippen molar-refractivity contribution in [3.8, 4) is 0 Å². The van der Waals surface area contributed by atoms with E-state index in [1.54, 1.807) is 18.2 Å². The molecule has 0 heterocycles. The molecular weight excluding hydrogens is 301 g/mol. The maximum Gasteiger partial charge on any atom is 0.411 e. The molecule has 0 aliphatic carbocycles. The summed E-state index contributed by atoms with van der Waals surface area (Å²) in [5, 5.41) is 3.36. The third-order valence-electron chi connectivity index (χ3n) is 2.07. The molecule has 0 amide bonds. The maximum atomic E-state index is 11.8. The van der Waals surface area contributed by atoms with E-state index in [0.717, 1.165) is 0 Å². The molecule has 0 bridgehead atoms. The third-order valence-corrected chi connectivity index (χ3v) is 2.53. The third kappa shape index (κ3) is 6.09. The summed E-state index contributed by atoms with van der Waals surface area (Å²) >= 11 is 10.7. The largest absolute Gasteiger partial charge is 0.411 e. The van der Waals surface area contributed by atoms with Crippen molar-refractivity contribution in [3.63, 3.8) is 0 Å². The van der Waals surface area contributed by atoms with Gasteiger partial charge < -0.3 is 15.8 Å². The molecule has 1 aromatic rings. The van der Waals surface area contributed by atoms with Crippen molar-refractivity contribution in [2.24, 2.45) is 5.73 Å². The van der Waals surface area contributed by atoms with Gasteiger partial charge in [-0.05, 0) is 18.2 Å². The van der Waals surface area contributed by atoms with Crippen LogP contribution in [-0.2, 0) is 4.74 Å². The first-order valence-corrected chi connectivity index (χ1v) is 6.06. The van der Waals surface area contributed by atoms with E-state index in [0.29, 0.717) is 16.3 Å². The second-order valence-corrected chi connectivity index (χ2v) is 4.52. The van der Waals surface area contributed by atoms with Crippen LogP contribution in [0.25, 0.3) is 0 Å². The highest BCUT2D eigenvalue weighted by Crippen LogP contribution is 2.20. The number of hydrogen-bond donors (Lipinski definition) is 2. The Hall–Kier alpha value is -1.05. The number of nitrogens with two attached hydrogens (primary N) is 1. The molecule has 3 N–H and O–H groups in total. The lowest BCUT2D eigenvalue weighted by molar-refractivity contribution is -0.172. The van der Waals surface area contributed by atoms with Crippen molar-refractivity contribution in [1.29, 1.82) is 0 Å². The van der Waals surface area contributed by atoms with Crippen LogP contribution < -0.4 is 11.1 Å². The topological polar surface area (TPSA) is 47.3 Å². The molecule has 0 aliphatic rings. The lowest BCUT2D eigenvalue weighted by atomic mass is 10.2. The zero-order valence-corrected chi connectivity index (χ0v) is 11.3. The van der Waals surface area contributed by atoms with Gasteiger partial charge in [-0.3, -0.25) is 0 Å². The van der Waals surface area contributed by atoms with Crippen molar-refractivity contribution in [1.82, 2.24) is 0 Å². The first-order valence-electron chi connectivity index (χ1n) is 5.27. The molecule has 106 valence electrons. The van der Waals surface area contributed by atoms with Gasteiger partial charge in [-0.2, -0.15) is 13.2 Å². The van der Waals surface area contributed by atoms with Crippen LogP contribution >= 0.6 is 23.8 Å². The van der Waals surface area contributed by atoms with E-state index in [1.807, 2.05) is 0 Å². The molecule has 8 heteroatoms. The van der Waals surface area contributed by atoms with Crippen LogP contribution in [0, 0.1) is 0 Å². The average molecular weight is 313 g/mol. The molecule has 1 aromatic carbocycles. The number of ether oxygens (including phenoxy) is 1. The van der Waals surface area contributed by atoms with Crippen molar-refractivity contribution < 1.29 is 17.9 Å². The molecule has 0 spiro atoms. The number of benzene rings is 1. The molecule has 0 radical (unpaired) electrons. The normalized spacial score (nSPS) is 11.4. The Kier molecular flexibility index (Phi) is 5.84. The summed E-state index contributed by atoms with van der Waals surface area (Å²) in [6, 6.07) is 4.87. The van der Waals surface area contributed by atoms with Crippen molar-refractivity contribution >= 4 is 34.5 Å². The Morgan fingerprint density at radius 2 is 2.11 bits per heavy atom. The zero-order chi connectivity index (χ0) is 14.5. The molecule has 0 fully saturated rings. The summed E-state index contributed by atoms with van der Waals surface area (Å²) in [5.74, 6) is 0. The summed E-state index contributed by atoms with van der Waals surface area (Å²) in [6.45, 7) is -1.15. The van der Waals surface area contributed by atoms with Gasteiger partial charge in [0.25, 0.3) is 0 Å². The Morgan fingerprint density at radius 3 is 2.68 bits per heavy atom. The number of anilines is 1. The monoisotopic (exact) mass is 312 g/mol. The summed E-state index contributed by atoms with van der Waals surface area (Å²) in [4.78, 5) is 0.154. The molecule has 0 saturated carbocycles. The predicted octanol–water partition coefficient (Wildman–Crippen LogP) is 2.97. The fourth-order valence-corrected chi connectivity index (χ4v) is 1.66. The molecule has 0 unspecified atom stereocenters. The van der Waals surface area contributed by atoms with Crippen molar-refractivity contribution in [3.05, 3.63) is 28.8 Å². The molecule has 0 atom stereocenters. The Labute approximate surface area is 118 Å². The SMILES string of the molecule is NC(=S)c1cc(Cl)ccc1NCCOCC(F)(F)F. The fourth-order valence-electron chi connectivity index (χ4n) is 1.32. The minimum Gasteiger partial charge on any atom is -0.389 e. The van der Waals surface area contributed by atoms with Gasteiger partial charge in [-0.25, -0.2) is 0 Å². The standard InChI is InChI=1S/C11H12ClF3N2OS/c12-7-1-2-9(8(5-7)10(16)19)17-3-4-18-6-11(13,14)15/h1-2,5,17H,3-4,6H2,(H2,16,19). The van der Waals surface area contributed by atoms with Crippen LogP contribution in [0.3, 0.4) is 0 Å². The average Bonchev–Trinajstić information content (AvgIpc) is 2.28. The van der Waals surface area contributed by atoms with Crippen LogP contribution in [0.15, 0.2) is 18.2 Å². The molecule has 1 rings (SSSR count). The quantitative estimate of drug-likeness (QED) is 0.626. The second kappa shape index (κ2) is 6.93. The molecular formula is C11H12ClF3N2OS. The minimum absolute atomic E-state index is 0.0844. The van der Waals surface area contributed by atoms with E-state index in [9.17, 15) is 13.2 Å². The van der Waals surface area contributed by atoms with Gasteiger partial charge in [0.15, 0.2) is 0 Å². The van der Waals surface area contributed by atoms with Gasteiger partial charge in [0.05, 0.1) is 6.61 Å². The number of alkyl halides is 3. The highest BCUT2D eigenvalue weighted by atomic mass is 35.5. The van der Waals surface area contributed by atoms with Gasteiger partial charge in [0, 0.05) is 22.8 Å². The van der Waals surface area contributed by atoms with Crippen LogP contribution in [0.2, 0.25) is 5.02 Å². The van der Waals surface area contributed by atoms with Crippen LogP contribution in [-0.4, -0.2) is 30.9 Å². The summed E-state index contributed by atoms with van der Waals surface area (Å²) < 4.78 is 39.9. The number of rotatable bonds is 6. The minimum atomic E-state index is -4.32. The second-order valence-electron chi connectivity index (χ2n) is 3.65. The van der Waals surface area contributed by atoms with Gasteiger partial charge in [-0.15, -0.1) is 0 Å². The Balaban J connectivity index is 2.47. The summed E-state index contributed by atoms with van der Waals surface area (Å²) in [5.41, 5.74) is 6.67. The lowest BCUT2D eigenvalue weighted by Crippen LogP contribution is -2.21. The van der Waals surface area contributed by atoms with Gasteiger partial charge in [0.2, 0.25) is 0 Å². The maximum absolute atomic E-state index is 11.8. The smallest absolute Gasteiger partial charge is 0.389 e. The van der Waals surface area contributed by atoms with E-state index in [4.69, 9.17) is 29.6 Å². The Morgan fingerprint density at radius 1 is 1.42 bits per heavy atom. The number of hydrogen-bond acceptors (Lipinski definition) is 3. The van der Waals surface area contributed by atoms with Crippen molar-refractivity contribution in [2.75, 3.05) is 25.1 Å². The molecule has 0 aliphatic heterocycles. The Bertz CT molecular complexity index is 454. The summed E-state index contributed by atoms with van der Waals surface area (Å²) in [7, 11) is 0. The first kappa shape index (κ1) is 16.0. The fraction of sp³-hybridized carbons (Fsp3) is 0.364. The lowest BCUT2D eigenvalue weighted by Gasteiger charge is -2.12. The highest BCUT2D eigenvalue weighted by Gasteiger charge is 2.27. The van der Waals surface area contributed by atoms with E-state index in [2.05, 4.69) is 10.1 Å². The first-order chi connectivity index (χ1) is 8.79. The van der Waals surface area contributed by atoms with Gasteiger partial charge >= 0.3 is 6.18 Å². The van der Waals surface area contributed by atoms with Crippen LogP contribution in [0.5, 0.6) is 0 Å². The predicted molar refractivity (Wildman–Crippen MR) is 72.7 cm³/mol. The van der Waals surface area contributed by atoms with Crippen molar-refractivity contribution in [2.45, 2.75) is 6.18 Å². The van der Waals surface area contributed by atoms with Crippen LogP contribution in [0.4, 0.5) is 18.9 Å². The van der Waals surface area contributed by atoms with E-state index >= 15 is 0 Å². The number of nitrogens with one attached hydrogen (secondary N) is 1. The van der Waals surface area contributed by atoms with E-state index < -0.39 is 12.8 Å². The molecule has 0 aromatic heterocycles. The highest BCUT2D eigenvalue weighted by molar-refractivity contribution is 7.80. The van der Waals surface area contributed by atoms with Crippen LogP contribution in [0.1, 0.15) is 5.56 Å². The number of thiocarbonyl (C=S) groups is 1.